The Labute approximate surface area is 116 Å². The van der Waals surface area contributed by atoms with Crippen molar-refractivity contribution in [3.63, 3.8) is 0 Å². The van der Waals surface area contributed by atoms with Crippen molar-refractivity contribution >= 4 is 5.91 Å². The lowest BCUT2D eigenvalue weighted by atomic mass is 9.82. The molecule has 3 atom stereocenters. The van der Waals surface area contributed by atoms with E-state index in [2.05, 4.69) is 0 Å². The fourth-order valence-electron chi connectivity index (χ4n) is 3.28. The molecule has 1 saturated carbocycles. The van der Waals surface area contributed by atoms with E-state index in [1.807, 2.05) is 11.8 Å². The van der Waals surface area contributed by atoms with Gasteiger partial charge < -0.3 is 15.4 Å². The van der Waals surface area contributed by atoms with Crippen LogP contribution in [0.3, 0.4) is 0 Å². The molecule has 0 bridgehead atoms. The first-order chi connectivity index (χ1) is 9.20. The third kappa shape index (κ3) is 4.18. The van der Waals surface area contributed by atoms with Crippen LogP contribution in [0.1, 0.15) is 51.9 Å². The van der Waals surface area contributed by atoms with E-state index >= 15 is 0 Å². The van der Waals surface area contributed by atoms with Gasteiger partial charge in [-0.15, -0.1) is 0 Å². The minimum atomic E-state index is 0.221. The molecule has 0 aromatic carbocycles. The summed E-state index contributed by atoms with van der Waals surface area (Å²) in [5.74, 6) is 0.653. The van der Waals surface area contributed by atoms with Gasteiger partial charge in [-0.3, -0.25) is 4.79 Å². The third-order valence-corrected chi connectivity index (χ3v) is 4.59. The third-order valence-electron chi connectivity index (χ3n) is 4.59. The van der Waals surface area contributed by atoms with Gasteiger partial charge in [0.1, 0.15) is 0 Å². The first-order valence-electron chi connectivity index (χ1n) is 7.85. The number of nitrogens with zero attached hydrogens (tertiary/aromatic N) is 1. The van der Waals surface area contributed by atoms with E-state index in [-0.39, 0.29) is 18.1 Å². The lowest BCUT2D eigenvalue weighted by Crippen LogP contribution is -2.41. The highest BCUT2D eigenvalue weighted by atomic mass is 16.5. The molecule has 0 aromatic heterocycles. The summed E-state index contributed by atoms with van der Waals surface area (Å²) in [7, 11) is 0. The van der Waals surface area contributed by atoms with E-state index in [9.17, 15) is 4.79 Å². The SMILES string of the molecule is CCN(CC1CCCO1)C(=O)CC1CCCCC1N. The number of ether oxygens (including phenoxy) is 1. The first kappa shape index (κ1) is 14.8. The van der Waals surface area contributed by atoms with Crippen molar-refractivity contribution in [1.29, 1.82) is 0 Å². The number of hydrogen-bond acceptors (Lipinski definition) is 3. The standard InChI is InChI=1S/C15H28N2O2/c1-2-17(11-13-7-5-9-19-13)15(18)10-12-6-3-4-8-14(12)16/h12-14H,2-11,16H2,1H3. The molecule has 3 unspecified atom stereocenters. The highest BCUT2D eigenvalue weighted by molar-refractivity contribution is 5.76. The summed E-state index contributed by atoms with van der Waals surface area (Å²) >= 11 is 0. The van der Waals surface area contributed by atoms with Crippen LogP contribution >= 0.6 is 0 Å². The number of rotatable bonds is 5. The van der Waals surface area contributed by atoms with Gasteiger partial charge in [-0.1, -0.05) is 12.8 Å². The van der Waals surface area contributed by atoms with Crippen LogP contribution < -0.4 is 5.73 Å². The van der Waals surface area contributed by atoms with Crippen LogP contribution in [-0.4, -0.2) is 42.6 Å². The number of likely N-dealkylation sites (N-methyl/N-ethyl adjacent to an activating group) is 1. The molecule has 19 heavy (non-hydrogen) atoms. The zero-order chi connectivity index (χ0) is 13.7. The Morgan fingerprint density at radius 1 is 1.26 bits per heavy atom. The van der Waals surface area contributed by atoms with E-state index in [4.69, 9.17) is 10.5 Å². The Morgan fingerprint density at radius 3 is 2.68 bits per heavy atom. The molecule has 4 nitrogen and oxygen atoms in total. The van der Waals surface area contributed by atoms with Crippen molar-refractivity contribution in [2.45, 2.75) is 64.0 Å². The van der Waals surface area contributed by atoms with E-state index in [0.717, 1.165) is 45.4 Å². The largest absolute Gasteiger partial charge is 0.376 e. The van der Waals surface area contributed by atoms with Crippen LogP contribution in [0.2, 0.25) is 0 Å². The summed E-state index contributed by atoms with van der Waals surface area (Å²) < 4.78 is 5.63. The molecule has 110 valence electrons. The maximum atomic E-state index is 12.4. The lowest BCUT2D eigenvalue weighted by molar-refractivity contribution is -0.134. The summed E-state index contributed by atoms with van der Waals surface area (Å²) in [5.41, 5.74) is 6.14. The van der Waals surface area contributed by atoms with Gasteiger partial charge in [0, 0.05) is 32.2 Å². The highest BCUT2D eigenvalue weighted by Gasteiger charge is 2.27. The molecule has 1 aliphatic heterocycles. The summed E-state index contributed by atoms with van der Waals surface area (Å²) in [6, 6.07) is 0.221. The highest BCUT2D eigenvalue weighted by Crippen LogP contribution is 2.26. The maximum Gasteiger partial charge on any atom is 0.222 e. The topological polar surface area (TPSA) is 55.6 Å². The van der Waals surface area contributed by atoms with Crippen molar-refractivity contribution < 1.29 is 9.53 Å². The van der Waals surface area contributed by atoms with Crippen LogP contribution in [0.15, 0.2) is 0 Å². The monoisotopic (exact) mass is 268 g/mol. The van der Waals surface area contributed by atoms with Crippen LogP contribution in [0, 0.1) is 5.92 Å². The van der Waals surface area contributed by atoms with Crippen LogP contribution in [0.4, 0.5) is 0 Å². The Balaban J connectivity index is 1.81. The molecule has 1 aliphatic carbocycles. The second-order valence-corrected chi connectivity index (χ2v) is 5.98. The van der Waals surface area contributed by atoms with Crippen molar-refractivity contribution in [1.82, 2.24) is 4.90 Å². The Bertz CT molecular complexity index is 290. The van der Waals surface area contributed by atoms with Crippen molar-refractivity contribution in [2.75, 3.05) is 19.7 Å². The van der Waals surface area contributed by atoms with Gasteiger partial charge in [-0.25, -0.2) is 0 Å². The molecule has 0 spiro atoms. The number of carbonyl (C=O) groups is 1. The summed E-state index contributed by atoms with van der Waals surface area (Å²) in [6.07, 6.45) is 7.74. The summed E-state index contributed by atoms with van der Waals surface area (Å²) in [4.78, 5) is 14.3. The fourth-order valence-corrected chi connectivity index (χ4v) is 3.28. The fraction of sp³-hybridized carbons (Fsp3) is 0.933. The van der Waals surface area contributed by atoms with Crippen LogP contribution in [0.25, 0.3) is 0 Å². The van der Waals surface area contributed by atoms with Gasteiger partial charge in [-0.05, 0) is 38.5 Å². The van der Waals surface area contributed by atoms with Crippen molar-refractivity contribution in [3.05, 3.63) is 0 Å². The predicted octanol–water partition coefficient (Wildman–Crippen LogP) is 1.92. The molecule has 1 saturated heterocycles. The minimum absolute atomic E-state index is 0.221. The molecule has 4 heteroatoms. The number of carbonyl (C=O) groups excluding carboxylic acids is 1. The summed E-state index contributed by atoms with van der Waals surface area (Å²) in [6.45, 7) is 4.44. The van der Waals surface area contributed by atoms with Gasteiger partial charge in [0.15, 0.2) is 0 Å². The zero-order valence-corrected chi connectivity index (χ0v) is 12.1. The van der Waals surface area contributed by atoms with Crippen molar-refractivity contribution in [2.24, 2.45) is 11.7 Å². The number of nitrogens with two attached hydrogens (primary N) is 1. The summed E-state index contributed by atoms with van der Waals surface area (Å²) in [5, 5.41) is 0. The number of amides is 1. The van der Waals surface area contributed by atoms with E-state index in [1.165, 1.54) is 12.8 Å². The Hall–Kier alpha value is -0.610. The van der Waals surface area contributed by atoms with Crippen LogP contribution in [0.5, 0.6) is 0 Å². The lowest BCUT2D eigenvalue weighted by Gasteiger charge is -2.31. The molecule has 1 amide bonds. The predicted molar refractivity (Wildman–Crippen MR) is 75.8 cm³/mol. The first-order valence-corrected chi connectivity index (χ1v) is 7.85. The molecule has 2 fully saturated rings. The average molecular weight is 268 g/mol. The second kappa shape index (κ2) is 7.25. The van der Waals surface area contributed by atoms with Gasteiger partial charge in [0.25, 0.3) is 0 Å². The minimum Gasteiger partial charge on any atom is -0.376 e. The molecule has 1 heterocycles. The molecular weight excluding hydrogens is 240 g/mol. The molecule has 2 N–H and O–H groups in total. The van der Waals surface area contributed by atoms with E-state index in [1.54, 1.807) is 0 Å². The second-order valence-electron chi connectivity index (χ2n) is 5.98. The molecular formula is C15H28N2O2. The van der Waals surface area contributed by atoms with E-state index in [0.29, 0.717) is 12.3 Å². The maximum absolute atomic E-state index is 12.4. The van der Waals surface area contributed by atoms with Crippen LogP contribution in [-0.2, 0) is 9.53 Å². The zero-order valence-electron chi connectivity index (χ0n) is 12.1. The molecule has 0 radical (unpaired) electrons. The average Bonchev–Trinajstić information content (AvgIpc) is 2.91. The number of hydrogen-bond donors (Lipinski definition) is 1. The van der Waals surface area contributed by atoms with Gasteiger partial charge in [0.05, 0.1) is 6.10 Å². The van der Waals surface area contributed by atoms with Gasteiger partial charge >= 0.3 is 0 Å². The smallest absolute Gasteiger partial charge is 0.222 e. The van der Waals surface area contributed by atoms with E-state index < -0.39 is 0 Å². The molecule has 2 aliphatic rings. The van der Waals surface area contributed by atoms with Crippen molar-refractivity contribution in [3.8, 4) is 0 Å². The Kier molecular flexibility index (Phi) is 5.64. The molecule has 2 rings (SSSR count). The van der Waals surface area contributed by atoms with Gasteiger partial charge in [0.2, 0.25) is 5.91 Å². The Morgan fingerprint density at radius 2 is 2.05 bits per heavy atom. The van der Waals surface area contributed by atoms with Gasteiger partial charge in [-0.2, -0.15) is 0 Å². The quantitative estimate of drug-likeness (QED) is 0.829. The molecule has 0 aromatic rings. The normalized spacial score (nSPS) is 31.4.